The van der Waals surface area contributed by atoms with Crippen molar-refractivity contribution < 1.29 is 9.87 Å². The number of nitroso groups, excluding NO2 is 1. The Morgan fingerprint density at radius 2 is 2.27 bits per heavy atom. The SMILES string of the molecule is CC1(C)[C@@H](O)[N+](=O)C=CN1[O-]. The molecule has 0 bridgehead atoms. The summed E-state index contributed by atoms with van der Waals surface area (Å²) in [6.45, 7) is 3.00. The molecule has 1 aliphatic heterocycles. The summed E-state index contributed by atoms with van der Waals surface area (Å²) in [7, 11) is 0. The van der Waals surface area contributed by atoms with Crippen LogP contribution in [0.3, 0.4) is 0 Å². The minimum absolute atomic E-state index is 0.356. The van der Waals surface area contributed by atoms with Gasteiger partial charge in [0.25, 0.3) is 0 Å². The molecule has 0 aromatic rings. The molecule has 1 N–H and O–H groups in total. The van der Waals surface area contributed by atoms with Gasteiger partial charge in [-0.1, -0.05) is 0 Å². The largest absolute Gasteiger partial charge is 0.758 e. The molecule has 0 aromatic heterocycles. The fourth-order valence-electron chi connectivity index (χ4n) is 0.825. The van der Waals surface area contributed by atoms with Gasteiger partial charge >= 0.3 is 6.23 Å². The molecule has 1 heterocycles. The fraction of sp³-hybridized carbons (Fsp3) is 0.667. The maximum atomic E-state index is 11.0. The zero-order chi connectivity index (χ0) is 8.65. The molecule has 0 saturated heterocycles. The van der Waals surface area contributed by atoms with E-state index in [1.165, 1.54) is 13.8 Å². The van der Waals surface area contributed by atoms with Crippen molar-refractivity contribution in [3.63, 3.8) is 0 Å². The quantitative estimate of drug-likeness (QED) is 0.509. The molecule has 0 amide bonds. The third-order valence-electron chi connectivity index (χ3n) is 1.79. The van der Waals surface area contributed by atoms with Crippen LogP contribution in [0.2, 0.25) is 0 Å². The van der Waals surface area contributed by atoms with E-state index >= 15 is 0 Å². The monoisotopic (exact) mass is 158 g/mol. The van der Waals surface area contributed by atoms with Crippen LogP contribution in [0.4, 0.5) is 0 Å². The molecule has 5 nitrogen and oxygen atoms in total. The molecule has 0 radical (unpaired) electrons. The lowest BCUT2D eigenvalue weighted by Crippen LogP contribution is -2.53. The smallest absolute Gasteiger partial charge is 0.330 e. The molecule has 1 atom stereocenters. The Hall–Kier alpha value is -0.940. The van der Waals surface area contributed by atoms with Crippen molar-refractivity contribution in [1.29, 1.82) is 0 Å². The van der Waals surface area contributed by atoms with E-state index in [1.54, 1.807) is 0 Å². The highest BCUT2D eigenvalue weighted by atomic mass is 16.5. The number of aliphatic hydroxyl groups excluding tert-OH is 1. The molecule has 1 aliphatic rings. The van der Waals surface area contributed by atoms with E-state index in [2.05, 4.69) is 0 Å². The van der Waals surface area contributed by atoms with Gasteiger partial charge in [0.2, 0.25) is 6.20 Å². The lowest BCUT2D eigenvalue weighted by Gasteiger charge is -2.42. The number of nitrogens with zero attached hydrogens (tertiary/aromatic N) is 2. The maximum Gasteiger partial charge on any atom is 0.330 e. The first kappa shape index (κ1) is 8.16. The summed E-state index contributed by atoms with van der Waals surface area (Å²) in [5.74, 6) is 0. The summed E-state index contributed by atoms with van der Waals surface area (Å²) in [5, 5.41) is 20.7. The predicted molar refractivity (Wildman–Crippen MR) is 38.1 cm³/mol. The molecule has 0 spiro atoms. The van der Waals surface area contributed by atoms with Gasteiger partial charge in [0, 0.05) is 4.91 Å². The van der Waals surface area contributed by atoms with Gasteiger partial charge in [0.1, 0.15) is 5.54 Å². The Morgan fingerprint density at radius 1 is 1.73 bits per heavy atom. The van der Waals surface area contributed by atoms with Crippen LogP contribution in [0.1, 0.15) is 13.8 Å². The Kier molecular flexibility index (Phi) is 1.69. The van der Waals surface area contributed by atoms with E-state index in [9.17, 15) is 15.2 Å². The van der Waals surface area contributed by atoms with E-state index in [0.717, 1.165) is 12.4 Å². The summed E-state index contributed by atoms with van der Waals surface area (Å²) in [6, 6.07) is 0. The molecule has 0 fully saturated rings. The first-order chi connectivity index (χ1) is 4.96. The van der Waals surface area contributed by atoms with Gasteiger partial charge in [-0.15, -0.1) is 0 Å². The highest BCUT2D eigenvalue weighted by Gasteiger charge is 2.42. The van der Waals surface area contributed by atoms with Crippen LogP contribution in [-0.4, -0.2) is 26.7 Å². The second-order valence-corrected chi connectivity index (χ2v) is 3.01. The lowest BCUT2D eigenvalue weighted by molar-refractivity contribution is -0.591. The summed E-state index contributed by atoms with van der Waals surface area (Å²) in [4.78, 5) is 10.8. The van der Waals surface area contributed by atoms with Crippen molar-refractivity contribution in [2.75, 3.05) is 0 Å². The van der Waals surface area contributed by atoms with Gasteiger partial charge in [0.15, 0.2) is 0 Å². The van der Waals surface area contributed by atoms with Crippen LogP contribution < -0.4 is 0 Å². The van der Waals surface area contributed by atoms with E-state index < -0.39 is 11.8 Å². The molecular weight excluding hydrogens is 148 g/mol. The van der Waals surface area contributed by atoms with Gasteiger partial charge < -0.3 is 15.4 Å². The van der Waals surface area contributed by atoms with Crippen LogP contribution in [0.25, 0.3) is 0 Å². The minimum atomic E-state index is -1.30. The van der Waals surface area contributed by atoms with E-state index in [-0.39, 0.29) is 0 Å². The Balaban J connectivity index is 2.97. The number of hydrogen-bond acceptors (Lipinski definition) is 4. The Bertz CT molecular complexity index is 212. The van der Waals surface area contributed by atoms with Crippen molar-refractivity contribution in [1.82, 2.24) is 5.06 Å². The standard InChI is InChI=1S/C6H10N2O3/c1-6(2)5(9)7(10)3-4-8(6)11/h3-5,9H,1-2H3/t5-/m1/s1. The summed E-state index contributed by atoms with van der Waals surface area (Å²) in [6.07, 6.45) is 0.799. The average Bonchev–Trinajstić information content (AvgIpc) is 1.95. The molecule has 5 heteroatoms. The molecule has 0 aliphatic carbocycles. The van der Waals surface area contributed by atoms with Crippen LogP contribution in [-0.2, 0) is 0 Å². The van der Waals surface area contributed by atoms with Crippen molar-refractivity contribution in [2.24, 2.45) is 0 Å². The second-order valence-electron chi connectivity index (χ2n) is 3.01. The minimum Gasteiger partial charge on any atom is -0.758 e. The summed E-state index contributed by atoms with van der Waals surface area (Å²) >= 11 is 0. The zero-order valence-electron chi connectivity index (χ0n) is 6.39. The van der Waals surface area contributed by atoms with E-state index in [1.807, 2.05) is 0 Å². The van der Waals surface area contributed by atoms with Gasteiger partial charge in [-0.3, -0.25) is 0 Å². The molecule has 62 valence electrons. The van der Waals surface area contributed by atoms with Crippen LogP contribution >= 0.6 is 0 Å². The molecule has 11 heavy (non-hydrogen) atoms. The molecule has 0 saturated carbocycles. The van der Waals surface area contributed by atoms with Crippen molar-refractivity contribution in [3.05, 3.63) is 22.5 Å². The first-order valence-electron chi connectivity index (χ1n) is 3.24. The first-order valence-corrected chi connectivity index (χ1v) is 3.24. The Morgan fingerprint density at radius 3 is 2.73 bits per heavy atom. The van der Waals surface area contributed by atoms with Crippen LogP contribution in [0, 0.1) is 10.1 Å². The van der Waals surface area contributed by atoms with Crippen molar-refractivity contribution in [2.45, 2.75) is 25.6 Å². The summed E-state index contributed by atoms with van der Waals surface area (Å²) < 4.78 is 0.356. The number of rotatable bonds is 0. The van der Waals surface area contributed by atoms with Gasteiger partial charge in [-0.25, -0.2) is 0 Å². The van der Waals surface area contributed by atoms with Gasteiger partial charge in [-0.2, -0.15) is 0 Å². The second kappa shape index (κ2) is 2.28. The van der Waals surface area contributed by atoms with Gasteiger partial charge in [0.05, 0.1) is 11.0 Å². The number of hydroxylamine groups is 2. The highest BCUT2D eigenvalue weighted by molar-refractivity contribution is 4.95. The normalized spacial score (nSPS) is 29.3. The van der Waals surface area contributed by atoms with Crippen LogP contribution in [0.5, 0.6) is 0 Å². The number of aliphatic hydroxyl groups is 1. The topological polar surface area (TPSA) is 66.6 Å². The molecular formula is C6H10N2O3. The maximum absolute atomic E-state index is 11.0. The molecule has 1 rings (SSSR count). The zero-order valence-corrected chi connectivity index (χ0v) is 6.39. The lowest BCUT2D eigenvalue weighted by atomic mass is 10.0. The molecule has 0 aromatic carbocycles. The third-order valence-corrected chi connectivity index (χ3v) is 1.79. The van der Waals surface area contributed by atoms with E-state index in [0.29, 0.717) is 9.82 Å². The van der Waals surface area contributed by atoms with E-state index in [4.69, 9.17) is 0 Å². The van der Waals surface area contributed by atoms with Crippen molar-refractivity contribution >= 4 is 0 Å². The highest BCUT2D eigenvalue weighted by Crippen LogP contribution is 2.22. The fourth-order valence-corrected chi connectivity index (χ4v) is 0.825. The average molecular weight is 158 g/mol. The van der Waals surface area contributed by atoms with Crippen molar-refractivity contribution in [3.8, 4) is 0 Å². The summed E-state index contributed by atoms with van der Waals surface area (Å²) in [5.41, 5.74) is -1.07. The Labute approximate surface area is 64.1 Å². The molecule has 0 unspecified atom stereocenters. The predicted octanol–water partition coefficient (Wildman–Crippen LogP) is 0.147. The van der Waals surface area contributed by atoms with Gasteiger partial charge in [-0.05, 0) is 13.8 Å². The third kappa shape index (κ3) is 1.12. The van der Waals surface area contributed by atoms with Crippen LogP contribution in [0.15, 0.2) is 12.4 Å². The number of hydrogen-bond donors (Lipinski definition) is 1.